The van der Waals surface area contributed by atoms with Crippen LogP contribution >= 0.6 is 11.8 Å². The summed E-state index contributed by atoms with van der Waals surface area (Å²) in [7, 11) is 1.43. The van der Waals surface area contributed by atoms with Gasteiger partial charge in [-0.3, -0.25) is 4.79 Å². The second-order valence-electron chi connectivity index (χ2n) is 4.43. The van der Waals surface area contributed by atoms with E-state index >= 15 is 0 Å². The number of carbonyl (C=O) groups excluding carboxylic acids is 1. The predicted octanol–water partition coefficient (Wildman–Crippen LogP) is 3.85. The molecule has 0 aliphatic rings. The summed E-state index contributed by atoms with van der Waals surface area (Å²) in [4.78, 5) is 12.3. The minimum atomic E-state index is -0.149. The first-order chi connectivity index (χ1) is 8.02. The molecule has 1 rings (SSSR count). The molecule has 1 unspecified atom stereocenters. The maximum Gasteiger partial charge on any atom is 0.306 e. The number of hydrogen-bond donors (Lipinski definition) is 0. The summed E-state index contributed by atoms with van der Waals surface area (Å²) in [6, 6.07) is 8.54. The van der Waals surface area contributed by atoms with E-state index in [1.54, 1.807) is 11.8 Å². The highest BCUT2D eigenvalue weighted by Gasteiger charge is 2.10. The first-order valence-electron chi connectivity index (χ1n) is 5.86. The number of methoxy groups -OCH3 is 1. The molecule has 1 aromatic rings. The van der Waals surface area contributed by atoms with Crippen molar-refractivity contribution in [3.05, 3.63) is 29.8 Å². The molecule has 0 aliphatic heterocycles. The van der Waals surface area contributed by atoms with Gasteiger partial charge < -0.3 is 4.74 Å². The van der Waals surface area contributed by atoms with E-state index < -0.39 is 0 Å². The van der Waals surface area contributed by atoms with Crippen LogP contribution in [-0.2, 0) is 9.53 Å². The molecule has 0 fully saturated rings. The molecule has 0 amide bonds. The van der Waals surface area contributed by atoms with Crippen molar-refractivity contribution < 1.29 is 9.53 Å². The van der Waals surface area contributed by atoms with Crippen LogP contribution in [0.1, 0.15) is 38.7 Å². The van der Waals surface area contributed by atoms with Crippen molar-refractivity contribution in [2.45, 2.75) is 43.3 Å². The van der Waals surface area contributed by atoms with Crippen LogP contribution in [-0.4, -0.2) is 18.3 Å². The molecule has 94 valence electrons. The van der Waals surface area contributed by atoms with Crippen molar-refractivity contribution in [3.63, 3.8) is 0 Å². The summed E-state index contributed by atoms with van der Waals surface area (Å²) in [6.07, 6.45) is 0.451. The predicted molar refractivity (Wildman–Crippen MR) is 72.5 cm³/mol. The Hall–Kier alpha value is -0.960. The molecule has 2 nitrogen and oxygen atoms in total. The fourth-order valence-corrected chi connectivity index (χ4v) is 2.50. The van der Waals surface area contributed by atoms with Crippen LogP contribution in [0.15, 0.2) is 29.2 Å². The Balaban J connectivity index is 2.54. The topological polar surface area (TPSA) is 26.3 Å². The summed E-state index contributed by atoms with van der Waals surface area (Å²) < 4.78 is 4.66. The summed E-state index contributed by atoms with van der Waals surface area (Å²) in [5.41, 5.74) is 1.34. The van der Waals surface area contributed by atoms with Gasteiger partial charge in [0.05, 0.1) is 13.5 Å². The van der Waals surface area contributed by atoms with Gasteiger partial charge in [-0.2, -0.15) is 0 Å². The second-order valence-corrected chi connectivity index (χ2v) is 5.94. The number of thioether (sulfide) groups is 1. The molecular weight excluding hydrogens is 232 g/mol. The lowest BCUT2D eigenvalue weighted by Gasteiger charge is -2.11. The van der Waals surface area contributed by atoms with Crippen LogP contribution in [0, 0.1) is 0 Å². The Bertz CT molecular complexity index is 357. The van der Waals surface area contributed by atoms with Gasteiger partial charge in [0.1, 0.15) is 0 Å². The number of rotatable bonds is 5. The van der Waals surface area contributed by atoms with Crippen LogP contribution in [0.4, 0.5) is 0 Å². The molecule has 3 heteroatoms. The molecule has 0 saturated heterocycles. The van der Waals surface area contributed by atoms with Crippen LogP contribution in [0.25, 0.3) is 0 Å². The van der Waals surface area contributed by atoms with Crippen molar-refractivity contribution in [2.24, 2.45) is 0 Å². The Morgan fingerprint density at radius 1 is 1.24 bits per heavy atom. The van der Waals surface area contributed by atoms with E-state index in [9.17, 15) is 4.79 Å². The summed E-state index contributed by atoms with van der Waals surface area (Å²) >= 11 is 1.71. The minimum absolute atomic E-state index is 0.149. The highest BCUT2D eigenvalue weighted by molar-refractivity contribution is 8.00. The maximum atomic E-state index is 11.1. The zero-order chi connectivity index (χ0) is 12.8. The summed E-state index contributed by atoms with van der Waals surface area (Å²) in [5.74, 6) is 0.408. The van der Waals surface area contributed by atoms with E-state index in [2.05, 4.69) is 42.8 Å². The molecule has 0 bridgehead atoms. The zero-order valence-corrected chi connectivity index (χ0v) is 11.7. The van der Waals surface area contributed by atoms with Gasteiger partial charge in [-0.15, -0.1) is 11.8 Å². The SMILES string of the molecule is COC(=O)CC(C)Sc1ccc(C(C)C)cc1. The van der Waals surface area contributed by atoms with Gasteiger partial charge in [-0.25, -0.2) is 0 Å². The van der Waals surface area contributed by atoms with E-state index in [4.69, 9.17) is 0 Å². The number of carbonyl (C=O) groups is 1. The first-order valence-corrected chi connectivity index (χ1v) is 6.74. The smallest absolute Gasteiger partial charge is 0.306 e. The Morgan fingerprint density at radius 2 is 1.82 bits per heavy atom. The number of hydrogen-bond acceptors (Lipinski definition) is 3. The highest BCUT2D eigenvalue weighted by Crippen LogP contribution is 2.26. The molecule has 1 atom stereocenters. The van der Waals surface area contributed by atoms with Crippen molar-refractivity contribution in [1.29, 1.82) is 0 Å². The fourth-order valence-electron chi connectivity index (χ4n) is 1.52. The fraction of sp³-hybridized carbons (Fsp3) is 0.500. The van der Waals surface area contributed by atoms with Gasteiger partial charge in [-0.1, -0.05) is 32.9 Å². The van der Waals surface area contributed by atoms with Gasteiger partial charge >= 0.3 is 5.97 Å². The number of ether oxygens (including phenoxy) is 1. The molecule has 0 saturated carbocycles. The largest absolute Gasteiger partial charge is 0.469 e. The average Bonchev–Trinajstić information content (AvgIpc) is 2.29. The van der Waals surface area contributed by atoms with Crippen molar-refractivity contribution in [1.82, 2.24) is 0 Å². The molecule has 0 spiro atoms. The van der Waals surface area contributed by atoms with Crippen molar-refractivity contribution in [3.8, 4) is 0 Å². The second kappa shape index (κ2) is 6.70. The Morgan fingerprint density at radius 3 is 2.29 bits per heavy atom. The van der Waals surface area contributed by atoms with Crippen LogP contribution < -0.4 is 0 Å². The van der Waals surface area contributed by atoms with Crippen molar-refractivity contribution in [2.75, 3.05) is 7.11 Å². The average molecular weight is 252 g/mol. The monoisotopic (exact) mass is 252 g/mol. The highest BCUT2D eigenvalue weighted by atomic mass is 32.2. The third-order valence-corrected chi connectivity index (χ3v) is 3.68. The number of benzene rings is 1. The summed E-state index contributed by atoms with van der Waals surface area (Å²) in [6.45, 7) is 6.40. The molecular formula is C14H20O2S. The van der Waals surface area contributed by atoms with E-state index in [1.807, 2.05) is 6.92 Å². The van der Waals surface area contributed by atoms with Crippen LogP contribution in [0.2, 0.25) is 0 Å². The van der Waals surface area contributed by atoms with E-state index in [-0.39, 0.29) is 11.2 Å². The Kier molecular flexibility index (Phi) is 5.56. The molecule has 0 radical (unpaired) electrons. The lowest BCUT2D eigenvalue weighted by molar-refractivity contribution is -0.140. The van der Waals surface area contributed by atoms with Gasteiger partial charge in [0, 0.05) is 10.1 Å². The zero-order valence-electron chi connectivity index (χ0n) is 10.9. The van der Waals surface area contributed by atoms with Gasteiger partial charge in [-0.05, 0) is 23.6 Å². The van der Waals surface area contributed by atoms with Gasteiger partial charge in [0.25, 0.3) is 0 Å². The molecule has 0 N–H and O–H groups in total. The molecule has 0 heterocycles. The van der Waals surface area contributed by atoms with Crippen LogP contribution in [0.5, 0.6) is 0 Å². The Labute approximate surface area is 108 Å². The molecule has 0 aromatic heterocycles. The molecule has 17 heavy (non-hydrogen) atoms. The van der Waals surface area contributed by atoms with E-state index in [1.165, 1.54) is 17.6 Å². The minimum Gasteiger partial charge on any atom is -0.469 e. The van der Waals surface area contributed by atoms with E-state index in [0.717, 1.165) is 0 Å². The maximum absolute atomic E-state index is 11.1. The normalized spacial score (nSPS) is 12.5. The number of esters is 1. The van der Waals surface area contributed by atoms with Gasteiger partial charge in [0.2, 0.25) is 0 Å². The third-order valence-electron chi connectivity index (χ3n) is 2.57. The molecule has 1 aromatic carbocycles. The quantitative estimate of drug-likeness (QED) is 0.588. The van der Waals surface area contributed by atoms with E-state index in [0.29, 0.717) is 12.3 Å². The first kappa shape index (κ1) is 14.1. The van der Waals surface area contributed by atoms with Crippen molar-refractivity contribution >= 4 is 17.7 Å². The van der Waals surface area contributed by atoms with Gasteiger partial charge in [0.15, 0.2) is 0 Å². The molecule has 0 aliphatic carbocycles. The lowest BCUT2D eigenvalue weighted by Crippen LogP contribution is -2.08. The summed E-state index contributed by atoms with van der Waals surface area (Å²) in [5, 5.41) is 0.243. The van der Waals surface area contributed by atoms with Crippen LogP contribution in [0.3, 0.4) is 0 Å². The third kappa shape index (κ3) is 4.82. The lowest BCUT2D eigenvalue weighted by atomic mass is 10.0. The standard InChI is InChI=1S/C14H20O2S/c1-10(2)12-5-7-13(8-6-12)17-11(3)9-14(15)16-4/h5-8,10-11H,9H2,1-4H3.